The van der Waals surface area contributed by atoms with E-state index >= 15 is 0 Å². The minimum atomic E-state index is 0.306. The zero-order valence-electron chi connectivity index (χ0n) is 26.1. The van der Waals surface area contributed by atoms with Gasteiger partial charge in [-0.2, -0.15) is 0 Å². The average Bonchev–Trinajstić information content (AvgIpc) is 3.03. The van der Waals surface area contributed by atoms with Crippen molar-refractivity contribution in [2.24, 2.45) is 0 Å². The van der Waals surface area contributed by atoms with Gasteiger partial charge in [-0.05, 0) is 12.1 Å². The lowest BCUT2D eigenvalue weighted by Crippen LogP contribution is -2.15. The molecule has 0 aliphatic heterocycles. The number of nitrogens with two attached hydrogens (primary N) is 1. The van der Waals surface area contributed by atoms with Gasteiger partial charge in [0.15, 0.2) is 0 Å². The lowest BCUT2D eigenvalue weighted by molar-refractivity contribution is -0.0275. The Hall–Kier alpha value is -2.06. The molecule has 0 radical (unpaired) electrons. The molecule has 0 saturated carbocycles. The Balaban J connectivity index is 1.63. The second-order valence-electron chi connectivity index (χ2n) is 8.77. The van der Waals surface area contributed by atoms with E-state index < -0.39 is 0 Å². The fraction of sp³-hybridized carbons (Fsp3) is 0.742. The van der Waals surface area contributed by atoms with Gasteiger partial charge in [-0.25, -0.2) is 0 Å². The molecule has 0 fully saturated rings. The summed E-state index contributed by atoms with van der Waals surface area (Å²) in [6, 6.07) is 7.37. The predicted octanol–water partition coefficient (Wildman–Crippen LogP) is 1.46. The molecule has 254 valence electrons. The van der Waals surface area contributed by atoms with Crippen molar-refractivity contribution in [3.8, 4) is 18.1 Å². The summed E-state index contributed by atoms with van der Waals surface area (Å²) in [6.07, 6.45) is 5.08. The molecular formula is C31H53NO12. The summed E-state index contributed by atoms with van der Waals surface area (Å²) in [5.74, 6) is 3.06. The molecule has 1 aromatic carbocycles. The fourth-order valence-electron chi connectivity index (χ4n) is 3.15. The summed E-state index contributed by atoms with van der Waals surface area (Å²) in [6.45, 7) is 11.3. The summed E-state index contributed by atoms with van der Waals surface area (Å²) in [5, 5.41) is 0. The molecule has 0 aromatic heterocycles. The molecule has 1 aromatic rings. The Morgan fingerprint density at radius 1 is 0.409 bits per heavy atom. The van der Waals surface area contributed by atoms with Gasteiger partial charge >= 0.3 is 0 Å². The number of hydrogen-bond acceptors (Lipinski definition) is 13. The first-order chi connectivity index (χ1) is 21.8. The molecule has 0 unspecified atom stereocenters. The van der Waals surface area contributed by atoms with E-state index in [4.69, 9.17) is 69.0 Å². The molecular weight excluding hydrogens is 578 g/mol. The molecule has 0 aliphatic rings. The van der Waals surface area contributed by atoms with Crippen molar-refractivity contribution in [3.05, 3.63) is 24.3 Å². The zero-order valence-corrected chi connectivity index (χ0v) is 26.1. The third-order valence-corrected chi connectivity index (χ3v) is 5.31. The largest absolute Gasteiger partial charge is 0.489 e. The van der Waals surface area contributed by atoms with Crippen LogP contribution in [0.25, 0.3) is 0 Å². The van der Waals surface area contributed by atoms with Gasteiger partial charge in [0, 0.05) is 0 Å². The van der Waals surface area contributed by atoms with Crippen LogP contribution in [-0.4, -0.2) is 152 Å². The molecule has 13 nitrogen and oxygen atoms in total. The predicted molar refractivity (Wildman–Crippen MR) is 164 cm³/mol. The van der Waals surface area contributed by atoms with Crippen LogP contribution in [0.4, 0.5) is 5.69 Å². The van der Waals surface area contributed by atoms with E-state index in [1.165, 1.54) is 0 Å². The maximum atomic E-state index is 5.81. The van der Waals surface area contributed by atoms with E-state index in [0.29, 0.717) is 163 Å². The van der Waals surface area contributed by atoms with Crippen LogP contribution >= 0.6 is 0 Å². The highest BCUT2D eigenvalue weighted by Crippen LogP contribution is 2.19. The quantitative estimate of drug-likeness (QED) is 0.0658. The summed E-state index contributed by atoms with van der Waals surface area (Å²) in [7, 11) is 0. The van der Waals surface area contributed by atoms with Gasteiger partial charge in [-0.15, -0.1) is 6.42 Å². The number of para-hydroxylation sites is 2. The second kappa shape index (κ2) is 33.8. The van der Waals surface area contributed by atoms with Gasteiger partial charge in [0.25, 0.3) is 0 Å². The molecule has 0 amide bonds. The van der Waals surface area contributed by atoms with Gasteiger partial charge in [0.2, 0.25) is 0 Å². The Morgan fingerprint density at radius 2 is 0.682 bits per heavy atom. The third-order valence-electron chi connectivity index (χ3n) is 5.31. The van der Waals surface area contributed by atoms with Gasteiger partial charge in [0.05, 0.1) is 144 Å². The Morgan fingerprint density at radius 3 is 0.977 bits per heavy atom. The third kappa shape index (κ3) is 28.7. The van der Waals surface area contributed by atoms with Crippen LogP contribution in [0.3, 0.4) is 0 Å². The second-order valence-corrected chi connectivity index (χ2v) is 8.77. The van der Waals surface area contributed by atoms with Crippen molar-refractivity contribution < 1.29 is 56.8 Å². The first-order valence-corrected chi connectivity index (χ1v) is 15.1. The first-order valence-electron chi connectivity index (χ1n) is 15.1. The van der Waals surface area contributed by atoms with Crippen LogP contribution in [0, 0.1) is 12.3 Å². The highest BCUT2D eigenvalue weighted by atomic mass is 16.6. The van der Waals surface area contributed by atoms with E-state index in [0.717, 1.165) is 0 Å². The normalized spacial score (nSPS) is 11.2. The van der Waals surface area contributed by atoms with E-state index in [1.807, 2.05) is 18.2 Å². The zero-order chi connectivity index (χ0) is 31.4. The van der Waals surface area contributed by atoms with Crippen LogP contribution in [0.5, 0.6) is 5.75 Å². The van der Waals surface area contributed by atoms with Gasteiger partial charge in [-0.1, -0.05) is 18.1 Å². The van der Waals surface area contributed by atoms with Crippen LogP contribution in [-0.2, 0) is 52.1 Å². The maximum absolute atomic E-state index is 5.81. The van der Waals surface area contributed by atoms with E-state index in [1.54, 1.807) is 6.07 Å². The summed E-state index contributed by atoms with van der Waals surface area (Å²) in [5.41, 5.74) is 6.43. The standard InChI is InChI=1S/C31H53NO12/c1-2-7-33-8-9-34-10-11-35-12-13-36-14-15-37-16-17-38-18-19-39-20-21-40-22-23-41-24-25-42-26-27-43-28-29-44-31-6-4-3-5-30(31)32/h1,3-6H,7-29,32H2. The van der Waals surface area contributed by atoms with Crippen molar-refractivity contribution >= 4 is 5.69 Å². The monoisotopic (exact) mass is 631 g/mol. The molecule has 2 N–H and O–H groups in total. The highest BCUT2D eigenvalue weighted by Gasteiger charge is 1.99. The Bertz CT molecular complexity index is 767. The summed E-state index contributed by atoms with van der Waals surface area (Å²) < 4.78 is 65.1. The SMILES string of the molecule is C#CCOCCOCCOCCOCCOCCOCCOCCOCCOCCOCCOCCOc1ccccc1N. The number of hydrogen-bond donors (Lipinski definition) is 1. The molecule has 0 spiro atoms. The van der Waals surface area contributed by atoms with Crippen molar-refractivity contribution in [2.45, 2.75) is 0 Å². The van der Waals surface area contributed by atoms with Gasteiger partial charge < -0.3 is 62.6 Å². The molecule has 0 aliphatic carbocycles. The van der Waals surface area contributed by atoms with Crippen LogP contribution < -0.4 is 10.5 Å². The van der Waals surface area contributed by atoms with Crippen molar-refractivity contribution in [3.63, 3.8) is 0 Å². The topological polar surface area (TPSA) is 137 Å². The lowest BCUT2D eigenvalue weighted by atomic mass is 10.3. The number of rotatable bonds is 35. The smallest absolute Gasteiger partial charge is 0.142 e. The summed E-state index contributed by atoms with van der Waals surface area (Å²) >= 11 is 0. The van der Waals surface area contributed by atoms with E-state index in [-0.39, 0.29) is 0 Å². The molecule has 44 heavy (non-hydrogen) atoms. The highest BCUT2D eigenvalue weighted by molar-refractivity contribution is 5.51. The molecule has 0 heterocycles. The molecule has 1 rings (SSSR count). The maximum Gasteiger partial charge on any atom is 0.142 e. The van der Waals surface area contributed by atoms with Crippen LogP contribution in [0.15, 0.2) is 24.3 Å². The fourth-order valence-corrected chi connectivity index (χ4v) is 3.15. The Labute approximate surface area is 262 Å². The molecule has 0 saturated heterocycles. The molecule has 0 bridgehead atoms. The van der Waals surface area contributed by atoms with Crippen LogP contribution in [0.2, 0.25) is 0 Å². The number of terminal acetylenes is 1. The lowest BCUT2D eigenvalue weighted by Gasteiger charge is -2.09. The number of nitrogen functional groups attached to an aromatic ring is 1. The minimum Gasteiger partial charge on any atom is -0.489 e. The summed E-state index contributed by atoms with van der Waals surface area (Å²) in [4.78, 5) is 0. The van der Waals surface area contributed by atoms with Crippen molar-refractivity contribution in [1.29, 1.82) is 0 Å². The minimum absolute atomic E-state index is 0.306. The van der Waals surface area contributed by atoms with E-state index in [9.17, 15) is 0 Å². The number of ether oxygens (including phenoxy) is 12. The van der Waals surface area contributed by atoms with Gasteiger partial charge in [-0.3, -0.25) is 0 Å². The number of anilines is 1. The Kier molecular flexibility index (Phi) is 30.7. The molecule has 13 heteroatoms. The average molecular weight is 632 g/mol. The van der Waals surface area contributed by atoms with Crippen molar-refractivity contribution in [2.75, 3.05) is 158 Å². The van der Waals surface area contributed by atoms with Crippen molar-refractivity contribution in [1.82, 2.24) is 0 Å². The van der Waals surface area contributed by atoms with E-state index in [2.05, 4.69) is 5.92 Å². The van der Waals surface area contributed by atoms with Crippen LogP contribution in [0.1, 0.15) is 0 Å². The van der Waals surface area contributed by atoms with Gasteiger partial charge in [0.1, 0.15) is 19.0 Å². The first kappa shape index (κ1) is 40.0. The number of benzene rings is 1. The molecule has 0 atom stereocenters.